The van der Waals surface area contributed by atoms with E-state index < -0.39 is 6.09 Å². The molecule has 1 unspecified atom stereocenters. The van der Waals surface area contributed by atoms with Gasteiger partial charge in [-0.3, -0.25) is 4.79 Å². The molecule has 0 radical (unpaired) electrons. The number of likely N-dealkylation sites (tertiary alicyclic amines) is 2. The monoisotopic (exact) mass is 559 g/mol. The first kappa shape index (κ1) is 27.4. The number of hydrogen-bond donors (Lipinski definition) is 3. The Balaban J connectivity index is 1.10. The summed E-state index contributed by atoms with van der Waals surface area (Å²) >= 11 is 0. The highest BCUT2D eigenvalue weighted by atomic mass is 16.5. The zero-order valence-electron chi connectivity index (χ0n) is 24.0. The van der Waals surface area contributed by atoms with E-state index in [4.69, 9.17) is 9.47 Å². The van der Waals surface area contributed by atoms with E-state index in [0.29, 0.717) is 24.1 Å². The second-order valence-corrected chi connectivity index (χ2v) is 11.7. The van der Waals surface area contributed by atoms with Crippen LogP contribution in [-0.2, 0) is 4.74 Å². The van der Waals surface area contributed by atoms with Crippen LogP contribution >= 0.6 is 0 Å². The number of nitrogens with one attached hydrogen (secondary N) is 3. The zero-order valence-corrected chi connectivity index (χ0v) is 24.0. The molecule has 2 fully saturated rings. The minimum Gasteiger partial charge on any atom is -0.497 e. The highest BCUT2D eigenvalue weighted by Crippen LogP contribution is 2.40. The molecule has 3 N–H and O–H groups in total. The van der Waals surface area contributed by atoms with Crippen molar-refractivity contribution in [2.45, 2.75) is 50.1 Å². The SMILES string of the molecule is COC(=O)N[C@@H]1CC[C@@H](CCN2CCC(C3CNc4ccccc43)CC2)N(C(=O)c2cc3cc(OC)ccc3[nH]2)C1. The van der Waals surface area contributed by atoms with Crippen molar-refractivity contribution >= 4 is 28.6 Å². The van der Waals surface area contributed by atoms with Crippen LogP contribution in [0, 0.1) is 5.92 Å². The maximum atomic E-state index is 13.9. The molecule has 2 aromatic carbocycles. The quantitative estimate of drug-likeness (QED) is 0.384. The van der Waals surface area contributed by atoms with Gasteiger partial charge in [0.1, 0.15) is 11.4 Å². The lowest BCUT2D eigenvalue weighted by Crippen LogP contribution is -2.54. The Labute approximate surface area is 241 Å². The molecular weight excluding hydrogens is 518 g/mol. The van der Waals surface area contributed by atoms with Gasteiger partial charge < -0.3 is 34.9 Å². The van der Waals surface area contributed by atoms with Gasteiger partial charge in [-0.2, -0.15) is 0 Å². The standard InChI is InChI=1S/C32H41N5O4/c1-40-25-9-10-28-22(17-25)18-30(35-28)31(38)37-20-23(34-32(39)41-2)7-8-24(37)13-16-36-14-11-21(12-15-36)27-19-33-29-6-4-3-5-26(27)29/h3-6,9-10,17-18,21,23-24,27,33,35H,7-8,11-16,19-20H2,1-2H3,(H,34,39)/t23-,24+,27?/m1/s1. The van der Waals surface area contributed by atoms with E-state index in [0.717, 1.165) is 62.1 Å². The number of piperidine rings is 2. The van der Waals surface area contributed by atoms with Crippen LogP contribution in [0.4, 0.5) is 10.5 Å². The molecule has 0 aliphatic carbocycles. The number of fused-ring (bicyclic) bond motifs is 2. The summed E-state index contributed by atoms with van der Waals surface area (Å²) < 4.78 is 10.2. The van der Waals surface area contributed by atoms with Crippen molar-refractivity contribution in [3.63, 3.8) is 0 Å². The number of amides is 2. The Morgan fingerprint density at radius 3 is 2.66 bits per heavy atom. The third-order valence-corrected chi connectivity index (χ3v) is 9.39. The molecule has 3 atom stereocenters. The molecule has 2 saturated heterocycles. The number of rotatable bonds is 7. The van der Waals surface area contributed by atoms with Crippen LogP contribution in [0.5, 0.6) is 5.75 Å². The number of carbonyl (C=O) groups is 2. The molecule has 0 saturated carbocycles. The predicted molar refractivity (Wildman–Crippen MR) is 160 cm³/mol. The van der Waals surface area contributed by atoms with Gasteiger partial charge in [-0.25, -0.2) is 4.79 Å². The number of aromatic nitrogens is 1. The smallest absolute Gasteiger partial charge is 0.407 e. The van der Waals surface area contributed by atoms with Crippen molar-refractivity contribution < 1.29 is 19.1 Å². The van der Waals surface area contributed by atoms with Gasteiger partial charge in [0.25, 0.3) is 5.91 Å². The Hall–Kier alpha value is -3.72. The van der Waals surface area contributed by atoms with Gasteiger partial charge in [0, 0.05) is 54.2 Å². The number of nitrogens with zero attached hydrogens (tertiary/aromatic N) is 2. The Kier molecular flexibility index (Phi) is 8.05. The third-order valence-electron chi connectivity index (χ3n) is 9.39. The number of benzene rings is 2. The topological polar surface area (TPSA) is 98.9 Å². The molecule has 0 spiro atoms. The fourth-order valence-corrected chi connectivity index (χ4v) is 7.07. The molecule has 2 amide bonds. The molecule has 3 aliphatic rings. The highest BCUT2D eigenvalue weighted by molar-refractivity contribution is 5.98. The molecule has 6 rings (SSSR count). The number of para-hydroxylation sites is 1. The second kappa shape index (κ2) is 12.0. The first-order valence-electron chi connectivity index (χ1n) is 14.9. The van der Waals surface area contributed by atoms with Crippen LogP contribution in [0.15, 0.2) is 48.5 Å². The van der Waals surface area contributed by atoms with Crippen LogP contribution in [0.25, 0.3) is 10.9 Å². The van der Waals surface area contributed by atoms with Crippen molar-refractivity contribution in [3.8, 4) is 5.75 Å². The highest BCUT2D eigenvalue weighted by Gasteiger charge is 2.35. The van der Waals surface area contributed by atoms with Crippen molar-refractivity contribution in [2.75, 3.05) is 52.3 Å². The number of aromatic amines is 1. The number of carbonyl (C=O) groups excluding carboxylic acids is 2. The number of H-pyrrole nitrogens is 1. The molecule has 0 bridgehead atoms. The Morgan fingerprint density at radius 2 is 1.85 bits per heavy atom. The molecule has 41 heavy (non-hydrogen) atoms. The summed E-state index contributed by atoms with van der Waals surface area (Å²) in [6.07, 6.45) is 4.54. The summed E-state index contributed by atoms with van der Waals surface area (Å²) in [5, 5.41) is 7.45. The lowest BCUT2D eigenvalue weighted by atomic mass is 9.81. The first-order valence-corrected chi connectivity index (χ1v) is 14.9. The number of hydrogen-bond acceptors (Lipinski definition) is 6. The van der Waals surface area contributed by atoms with Crippen LogP contribution in [0.2, 0.25) is 0 Å². The fourth-order valence-electron chi connectivity index (χ4n) is 7.07. The Morgan fingerprint density at radius 1 is 1.02 bits per heavy atom. The summed E-state index contributed by atoms with van der Waals surface area (Å²) in [5.74, 6) is 2.04. The van der Waals surface area contributed by atoms with Gasteiger partial charge in [-0.05, 0) is 87.0 Å². The number of alkyl carbamates (subject to hydrolysis) is 1. The molecule has 4 heterocycles. The molecule has 9 nitrogen and oxygen atoms in total. The van der Waals surface area contributed by atoms with Crippen LogP contribution in [0.3, 0.4) is 0 Å². The second-order valence-electron chi connectivity index (χ2n) is 11.7. The van der Waals surface area contributed by atoms with E-state index >= 15 is 0 Å². The fraction of sp³-hybridized carbons (Fsp3) is 0.500. The molecule has 3 aliphatic heterocycles. The lowest BCUT2D eigenvalue weighted by Gasteiger charge is -2.41. The van der Waals surface area contributed by atoms with E-state index in [1.165, 1.54) is 31.2 Å². The van der Waals surface area contributed by atoms with Gasteiger partial charge in [-0.1, -0.05) is 18.2 Å². The molecule has 9 heteroatoms. The average Bonchev–Trinajstić information content (AvgIpc) is 3.64. The van der Waals surface area contributed by atoms with E-state index in [1.54, 1.807) is 7.11 Å². The van der Waals surface area contributed by atoms with Crippen LogP contribution in [-0.4, -0.2) is 85.8 Å². The predicted octanol–water partition coefficient (Wildman–Crippen LogP) is 4.82. The van der Waals surface area contributed by atoms with Gasteiger partial charge in [0.05, 0.1) is 14.2 Å². The molecule has 218 valence electrons. The maximum absolute atomic E-state index is 13.9. The minimum absolute atomic E-state index is 0.0346. The van der Waals surface area contributed by atoms with E-state index in [1.807, 2.05) is 29.2 Å². The number of ether oxygens (including phenoxy) is 2. The summed E-state index contributed by atoms with van der Waals surface area (Å²) in [6.45, 7) is 4.68. The van der Waals surface area contributed by atoms with E-state index in [9.17, 15) is 9.59 Å². The summed E-state index contributed by atoms with van der Waals surface area (Å²) in [7, 11) is 3.01. The molecule has 3 aromatic rings. The van der Waals surface area contributed by atoms with Gasteiger partial charge in [-0.15, -0.1) is 0 Å². The molecule has 1 aromatic heterocycles. The summed E-state index contributed by atoms with van der Waals surface area (Å²) in [6, 6.07) is 16.4. The van der Waals surface area contributed by atoms with Gasteiger partial charge in [0.15, 0.2) is 0 Å². The summed E-state index contributed by atoms with van der Waals surface area (Å²) in [5.41, 5.74) is 4.24. The van der Waals surface area contributed by atoms with Crippen LogP contribution < -0.4 is 15.4 Å². The van der Waals surface area contributed by atoms with Crippen molar-refractivity contribution in [2.24, 2.45) is 5.92 Å². The normalized spacial score (nSPS) is 23.2. The van der Waals surface area contributed by atoms with Gasteiger partial charge >= 0.3 is 6.09 Å². The zero-order chi connectivity index (χ0) is 28.3. The lowest BCUT2D eigenvalue weighted by molar-refractivity contribution is 0.0512. The third kappa shape index (κ3) is 5.86. The number of methoxy groups -OCH3 is 2. The molecular formula is C32H41N5O4. The van der Waals surface area contributed by atoms with Gasteiger partial charge in [0.2, 0.25) is 0 Å². The summed E-state index contributed by atoms with van der Waals surface area (Å²) in [4.78, 5) is 33.6. The van der Waals surface area contributed by atoms with Crippen LogP contribution in [0.1, 0.15) is 54.1 Å². The van der Waals surface area contributed by atoms with E-state index in [2.05, 4.69) is 44.8 Å². The van der Waals surface area contributed by atoms with Crippen molar-refractivity contribution in [1.82, 2.24) is 20.1 Å². The minimum atomic E-state index is -0.457. The number of anilines is 1. The maximum Gasteiger partial charge on any atom is 0.407 e. The van der Waals surface area contributed by atoms with Crippen molar-refractivity contribution in [1.29, 1.82) is 0 Å². The first-order chi connectivity index (χ1) is 20.0. The average molecular weight is 560 g/mol. The Bertz CT molecular complexity index is 1380. The van der Waals surface area contributed by atoms with Crippen molar-refractivity contribution in [3.05, 3.63) is 59.8 Å². The largest absolute Gasteiger partial charge is 0.497 e. The van der Waals surface area contributed by atoms with E-state index in [-0.39, 0.29) is 18.0 Å².